The third-order valence-electron chi connectivity index (χ3n) is 4.37. The van der Waals surface area contributed by atoms with E-state index in [1.807, 2.05) is 0 Å². The van der Waals surface area contributed by atoms with Crippen LogP contribution >= 0.6 is 0 Å². The fourth-order valence-electron chi connectivity index (χ4n) is 2.87. The molecule has 1 saturated heterocycles. The van der Waals surface area contributed by atoms with Crippen LogP contribution in [0.15, 0.2) is 24.3 Å². The van der Waals surface area contributed by atoms with E-state index in [2.05, 4.69) is 17.1 Å². The van der Waals surface area contributed by atoms with Crippen LogP contribution in [0, 0.1) is 16.0 Å². The summed E-state index contributed by atoms with van der Waals surface area (Å²) in [6.45, 7) is 4.96. The number of carbonyl (C=O) groups excluding carboxylic acids is 1. The number of nitrogens with zero attached hydrogens (tertiary/aromatic N) is 2. The Labute approximate surface area is 141 Å². The number of nitro benzene ring substituents is 1. The van der Waals surface area contributed by atoms with Gasteiger partial charge in [0.2, 0.25) is 5.91 Å². The fraction of sp³-hybridized carbons (Fsp3) is 0.588. The summed E-state index contributed by atoms with van der Waals surface area (Å²) >= 11 is 0. The number of piperidine rings is 1. The highest BCUT2D eigenvalue weighted by Gasteiger charge is 2.18. The second kappa shape index (κ2) is 8.75. The van der Waals surface area contributed by atoms with Gasteiger partial charge in [-0.25, -0.2) is 0 Å². The van der Waals surface area contributed by atoms with Gasteiger partial charge in [-0.3, -0.25) is 14.9 Å². The van der Waals surface area contributed by atoms with E-state index in [9.17, 15) is 20.0 Å². The molecule has 1 amide bonds. The number of aliphatic hydroxyl groups excluding tert-OH is 1. The molecule has 1 heterocycles. The number of benzene rings is 1. The first kappa shape index (κ1) is 18.4. The van der Waals surface area contributed by atoms with Crippen LogP contribution in [-0.2, 0) is 11.2 Å². The third-order valence-corrected chi connectivity index (χ3v) is 4.37. The molecule has 132 valence electrons. The zero-order valence-electron chi connectivity index (χ0n) is 14.0. The lowest BCUT2D eigenvalue weighted by molar-refractivity contribution is -0.384. The standard InChI is InChI=1S/C17H25N3O4/c1-13-5-7-19(8-6-13)12-16(21)11-18-17(22)10-14-3-2-4-15(9-14)20(23)24/h2-4,9,13,16,21H,5-8,10-12H2,1H3,(H,18,22). The minimum atomic E-state index is -0.604. The second-order valence-electron chi connectivity index (χ2n) is 6.54. The fourth-order valence-corrected chi connectivity index (χ4v) is 2.87. The van der Waals surface area contributed by atoms with E-state index in [1.54, 1.807) is 12.1 Å². The molecule has 2 N–H and O–H groups in total. The Morgan fingerprint density at radius 1 is 1.46 bits per heavy atom. The van der Waals surface area contributed by atoms with Crippen LogP contribution in [0.25, 0.3) is 0 Å². The van der Waals surface area contributed by atoms with Crippen molar-refractivity contribution in [2.24, 2.45) is 5.92 Å². The third kappa shape index (κ3) is 5.90. The van der Waals surface area contributed by atoms with Gasteiger partial charge in [0.05, 0.1) is 17.4 Å². The number of β-amino-alcohol motifs (C(OH)–C–C–N with tert-alkyl or cyclic N) is 1. The Hall–Kier alpha value is -1.99. The van der Waals surface area contributed by atoms with Gasteiger partial charge in [0.15, 0.2) is 0 Å². The van der Waals surface area contributed by atoms with E-state index >= 15 is 0 Å². The van der Waals surface area contributed by atoms with Crippen LogP contribution in [-0.4, -0.2) is 53.1 Å². The van der Waals surface area contributed by atoms with Gasteiger partial charge in [-0.15, -0.1) is 0 Å². The maximum Gasteiger partial charge on any atom is 0.269 e. The summed E-state index contributed by atoms with van der Waals surface area (Å²) in [5.74, 6) is 0.495. The molecule has 24 heavy (non-hydrogen) atoms. The van der Waals surface area contributed by atoms with Crippen LogP contribution in [0.1, 0.15) is 25.3 Å². The molecule has 0 aromatic heterocycles. The first-order valence-electron chi connectivity index (χ1n) is 8.34. The number of hydrogen-bond acceptors (Lipinski definition) is 5. The number of rotatable bonds is 7. The van der Waals surface area contributed by atoms with Gasteiger partial charge < -0.3 is 15.3 Å². The van der Waals surface area contributed by atoms with Gasteiger partial charge in [0, 0.05) is 25.2 Å². The number of non-ortho nitro benzene ring substituents is 1. The summed E-state index contributed by atoms with van der Waals surface area (Å²) in [6, 6.07) is 6.03. The highest BCUT2D eigenvalue weighted by molar-refractivity contribution is 5.78. The van der Waals surface area contributed by atoms with Crippen molar-refractivity contribution in [2.45, 2.75) is 32.3 Å². The van der Waals surface area contributed by atoms with Crippen molar-refractivity contribution in [2.75, 3.05) is 26.2 Å². The Bertz CT molecular complexity index is 571. The molecule has 1 aromatic carbocycles. The molecule has 7 nitrogen and oxygen atoms in total. The molecule has 0 aliphatic carbocycles. The number of aliphatic hydroxyl groups is 1. The Morgan fingerprint density at radius 3 is 2.83 bits per heavy atom. The number of nitrogens with one attached hydrogen (secondary N) is 1. The van der Waals surface area contributed by atoms with Crippen molar-refractivity contribution in [3.05, 3.63) is 39.9 Å². The Balaban J connectivity index is 1.72. The van der Waals surface area contributed by atoms with Gasteiger partial charge in [-0.1, -0.05) is 19.1 Å². The van der Waals surface area contributed by atoms with Gasteiger partial charge in [-0.05, 0) is 37.4 Å². The summed E-state index contributed by atoms with van der Waals surface area (Å²) in [5.41, 5.74) is 0.556. The predicted molar refractivity (Wildman–Crippen MR) is 90.7 cm³/mol. The zero-order valence-corrected chi connectivity index (χ0v) is 14.0. The van der Waals surface area contributed by atoms with E-state index in [1.165, 1.54) is 12.1 Å². The highest BCUT2D eigenvalue weighted by atomic mass is 16.6. The van der Waals surface area contributed by atoms with Gasteiger partial charge in [0.25, 0.3) is 5.69 Å². The number of carbonyl (C=O) groups is 1. The van der Waals surface area contributed by atoms with Crippen molar-refractivity contribution in [3.63, 3.8) is 0 Å². The zero-order chi connectivity index (χ0) is 17.5. The topological polar surface area (TPSA) is 95.7 Å². The first-order valence-corrected chi connectivity index (χ1v) is 8.34. The van der Waals surface area contributed by atoms with Crippen LogP contribution in [0.4, 0.5) is 5.69 Å². The summed E-state index contributed by atoms with van der Waals surface area (Å²) in [4.78, 5) is 24.4. The molecule has 0 radical (unpaired) electrons. The normalized spacial score (nSPS) is 17.4. The van der Waals surface area contributed by atoms with Crippen molar-refractivity contribution in [1.29, 1.82) is 0 Å². The average molecular weight is 335 g/mol. The monoisotopic (exact) mass is 335 g/mol. The molecule has 1 aliphatic rings. The molecule has 1 atom stereocenters. The molecule has 0 bridgehead atoms. The van der Waals surface area contributed by atoms with Crippen LogP contribution in [0.2, 0.25) is 0 Å². The SMILES string of the molecule is CC1CCN(CC(O)CNC(=O)Cc2cccc([N+](=O)[O-])c2)CC1. The Kier molecular flexibility index (Phi) is 6.69. The Morgan fingerprint density at radius 2 is 2.17 bits per heavy atom. The maximum absolute atomic E-state index is 11.9. The molecule has 0 saturated carbocycles. The average Bonchev–Trinajstić information content (AvgIpc) is 2.55. The van der Waals surface area contributed by atoms with E-state index in [0.29, 0.717) is 12.1 Å². The summed E-state index contributed by atoms with van der Waals surface area (Å²) in [5, 5.41) is 23.5. The van der Waals surface area contributed by atoms with Gasteiger partial charge in [0.1, 0.15) is 0 Å². The number of amides is 1. The quantitative estimate of drug-likeness (QED) is 0.579. The molecule has 0 spiro atoms. The minimum absolute atomic E-state index is 0.0281. The molecule has 1 unspecified atom stereocenters. The van der Waals surface area contributed by atoms with Crippen LogP contribution in [0.5, 0.6) is 0 Å². The largest absolute Gasteiger partial charge is 0.390 e. The number of hydrogen-bond donors (Lipinski definition) is 2. The van der Waals surface area contributed by atoms with E-state index in [0.717, 1.165) is 31.8 Å². The van der Waals surface area contributed by atoms with Crippen LogP contribution in [0.3, 0.4) is 0 Å². The highest BCUT2D eigenvalue weighted by Crippen LogP contribution is 2.16. The lowest BCUT2D eigenvalue weighted by Crippen LogP contribution is -2.43. The molecule has 1 aromatic rings. The van der Waals surface area contributed by atoms with E-state index < -0.39 is 11.0 Å². The molecule has 1 aliphatic heterocycles. The van der Waals surface area contributed by atoms with E-state index in [-0.39, 0.29) is 24.6 Å². The second-order valence-corrected chi connectivity index (χ2v) is 6.54. The number of nitro groups is 1. The molecular weight excluding hydrogens is 310 g/mol. The minimum Gasteiger partial charge on any atom is -0.390 e. The molecular formula is C17H25N3O4. The molecule has 1 fully saturated rings. The lowest BCUT2D eigenvalue weighted by Gasteiger charge is -2.31. The van der Waals surface area contributed by atoms with Gasteiger partial charge >= 0.3 is 0 Å². The van der Waals surface area contributed by atoms with Crippen molar-refractivity contribution >= 4 is 11.6 Å². The van der Waals surface area contributed by atoms with Crippen LogP contribution < -0.4 is 5.32 Å². The molecule has 2 rings (SSSR count). The predicted octanol–water partition coefficient (Wildman–Crippen LogP) is 1.35. The maximum atomic E-state index is 11.9. The molecule has 7 heteroatoms. The van der Waals surface area contributed by atoms with Gasteiger partial charge in [-0.2, -0.15) is 0 Å². The van der Waals surface area contributed by atoms with Crippen molar-refractivity contribution in [1.82, 2.24) is 10.2 Å². The summed E-state index contributed by atoms with van der Waals surface area (Å²) < 4.78 is 0. The summed E-state index contributed by atoms with van der Waals surface area (Å²) in [7, 11) is 0. The summed E-state index contributed by atoms with van der Waals surface area (Å²) in [6.07, 6.45) is 1.75. The first-order chi connectivity index (χ1) is 11.4. The smallest absolute Gasteiger partial charge is 0.269 e. The van der Waals surface area contributed by atoms with Crippen molar-refractivity contribution < 1.29 is 14.8 Å². The number of likely N-dealkylation sites (tertiary alicyclic amines) is 1. The van der Waals surface area contributed by atoms with E-state index in [4.69, 9.17) is 0 Å². The van der Waals surface area contributed by atoms with Crippen molar-refractivity contribution in [3.8, 4) is 0 Å². The lowest BCUT2D eigenvalue weighted by atomic mass is 9.99.